The van der Waals surface area contributed by atoms with Gasteiger partial charge in [-0.1, -0.05) is 24.3 Å². The van der Waals surface area contributed by atoms with E-state index in [1.807, 2.05) is 48.5 Å². The molecular weight excluding hydrogens is 296 g/mol. The maximum Gasteiger partial charge on any atom is 0.0999 e. The number of nitriles is 3. The van der Waals surface area contributed by atoms with Crippen molar-refractivity contribution in [2.75, 3.05) is 0 Å². The van der Waals surface area contributed by atoms with E-state index >= 15 is 0 Å². The summed E-state index contributed by atoms with van der Waals surface area (Å²) in [6.45, 7) is 0. The van der Waals surface area contributed by atoms with Crippen molar-refractivity contribution >= 4 is 0 Å². The number of rotatable bonds is 2. The van der Waals surface area contributed by atoms with E-state index in [2.05, 4.69) is 17.1 Å². The van der Waals surface area contributed by atoms with E-state index < -0.39 is 0 Å². The third-order valence-electron chi connectivity index (χ3n) is 3.62. The predicted octanol–water partition coefficient (Wildman–Crippen LogP) is 4.03. The van der Waals surface area contributed by atoms with Crippen LogP contribution in [0.5, 0.6) is 0 Å². The molecule has 2 aromatic carbocycles. The molecule has 0 saturated heterocycles. The Morgan fingerprint density at radius 2 is 1.42 bits per heavy atom. The lowest BCUT2D eigenvalue weighted by molar-refractivity contribution is 1.33. The van der Waals surface area contributed by atoms with Gasteiger partial charge in [-0.15, -0.1) is 0 Å². The molecule has 1 aromatic heterocycles. The van der Waals surface area contributed by atoms with E-state index in [1.54, 1.807) is 6.20 Å². The van der Waals surface area contributed by atoms with E-state index in [1.165, 1.54) is 12.1 Å². The summed E-state index contributed by atoms with van der Waals surface area (Å²) in [5.74, 6) is 0. The summed E-state index contributed by atoms with van der Waals surface area (Å²) >= 11 is 0. The van der Waals surface area contributed by atoms with Crippen molar-refractivity contribution in [2.45, 2.75) is 0 Å². The van der Waals surface area contributed by atoms with Gasteiger partial charge in [0.15, 0.2) is 0 Å². The minimum atomic E-state index is 0.299. The molecule has 0 atom stereocenters. The number of aromatic nitrogens is 1. The summed E-state index contributed by atoms with van der Waals surface area (Å²) < 4.78 is 0. The highest BCUT2D eigenvalue weighted by Crippen LogP contribution is 2.31. The van der Waals surface area contributed by atoms with Crippen LogP contribution in [0.4, 0.5) is 0 Å². The maximum absolute atomic E-state index is 9.42. The fraction of sp³-hybridized carbons (Fsp3) is 0. The van der Waals surface area contributed by atoms with Crippen LogP contribution >= 0.6 is 0 Å². The Balaban J connectivity index is 2.23. The lowest BCUT2D eigenvalue weighted by Crippen LogP contribution is -1.93. The van der Waals surface area contributed by atoms with Crippen molar-refractivity contribution in [3.8, 4) is 40.6 Å². The van der Waals surface area contributed by atoms with Gasteiger partial charge in [-0.25, -0.2) is 0 Å². The molecule has 0 saturated carbocycles. The van der Waals surface area contributed by atoms with Crippen molar-refractivity contribution in [1.82, 2.24) is 4.98 Å². The van der Waals surface area contributed by atoms with Gasteiger partial charge in [-0.3, -0.25) is 4.98 Å². The third-order valence-corrected chi connectivity index (χ3v) is 3.62. The predicted molar refractivity (Wildman–Crippen MR) is 89.3 cm³/mol. The molecule has 0 radical (unpaired) electrons. The minimum absolute atomic E-state index is 0.299. The smallest absolute Gasteiger partial charge is 0.0999 e. The first-order valence-electron chi connectivity index (χ1n) is 7.17. The second kappa shape index (κ2) is 6.44. The summed E-state index contributed by atoms with van der Waals surface area (Å²) in [5, 5.41) is 27.9. The number of hydrogen-bond acceptors (Lipinski definition) is 4. The molecule has 0 aliphatic heterocycles. The Morgan fingerprint density at radius 3 is 2.00 bits per heavy atom. The van der Waals surface area contributed by atoms with Crippen LogP contribution in [0.25, 0.3) is 22.4 Å². The minimum Gasteiger partial charge on any atom is -0.256 e. The van der Waals surface area contributed by atoms with Crippen LogP contribution in [-0.4, -0.2) is 4.98 Å². The second-order valence-electron chi connectivity index (χ2n) is 5.08. The zero-order valence-electron chi connectivity index (χ0n) is 12.6. The van der Waals surface area contributed by atoms with Crippen molar-refractivity contribution in [3.05, 3.63) is 77.5 Å². The molecule has 0 fully saturated rings. The topological polar surface area (TPSA) is 84.3 Å². The first kappa shape index (κ1) is 15.0. The average Bonchev–Trinajstić information content (AvgIpc) is 2.67. The van der Waals surface area contributed by atoms with E-state index in [4.69, 9.17) is 5.26 Å². The van der Waals surface area contributed by atoms with Crippen LogP contribution in [0.1, 0.15) is 16.7 Å². The van der Waals surface area contributed by atoms with Gasteiger partial charge in [0.25, 0.3) is 0 Å². The Labute approximate surface area is 139 Å². The van der Waals surface area contributed by atoms with Crippen molar-refractivity contribution < 1.29 is 0 Å². The molecule has 4 nitrogen and oxygen atoms in total. The standard InChI is InChI=1S/C20H10N4/c21-11-14-8-17(12-22)20(18(9-14)13-23)16-5-3-4-15(10-16)19-6-1-2-7-24-19/h1-10H. The maximum atomic E-state index is 9.42. The van der Waals surface area contributed by atoms with Crippen LogP contribution in [0.3, 0.4) is 0 Å². The fourth-order valence-electron chi connectivity index (χ4n) is 2.56. The number of benzene rings is 2. The largest absolute Gasteiger partial charge is 0.256 e. The lowest BCUT2D eigenvalue weighted by atomic mass is 9.92. The lowest BCUT2D eigenvalue weighted by Gasteiger charge is -2.09. The highest BCUT2D eigenvalue weighted by molar-refractivity contribution is 5.80. The summed E-state index contributed by atoms with van der Waals surface area (Å²) in [4.78, 5) is 4.32. The highest BCUT2D eigenvalue weighted by Gasteiger charge is 2.14. The van der Waals surface area contributed by atoms with Crippen molar-refractivity contribution in [1.29, 1.82) is 15.8 Å². The molecule has 0 amide bonds. The Bertz CT molecular complexity index is 997. The van der Waals surface area contributed by atoms with Gasteiger partial charge in [-0.05, 0) is 35.9 Å². The molecule has 110 valence electrons. The zero-order chi connectivity index (χ0) is 16.9. The molecule has 1 heterocycles. The first-order chi connectivity index (χ1) is 11.8. The van der Waals surface area contributed by atoms with E-state index in [9.17, 15) is 10.5 Å². The molecular formula is C20H10N4. The molecule has 0 bridgehead atoms. The number of pyridine rings is 1. The zero-order valence-corrected chi connectivity index (χ0v) is 12.6. The van der Waals surface area contributed by atoms with E-state index in [-0.39, 0.29) is 0 Å². The monoisotopic (exact) mass is 306 g/mol. The second-order valence-corrected chi connectivity index (χ2v) is 5.08. The molecule has 3 rings (SSSR count). The Kier molecular flexibility index (Phi) is 4.02. The number of nitrogens with zero attached hydrogens (tertiary/aromatic N) is 4. The summed E-state index contributed by atoms with van der Waals surface area (Å²) in [6, 6.07) is 22.3. The number of hydrogen-bond donors (Lipinski definition) is 0. The molecule has 3 aromatic rings. The van der Waals surface area contributed by atoms with E-state index in [0.29, 0.717) is 22.3 Å². The van der Waals surface area contributed by atoms with Gasteiger partial charge in [0.05, 0.1) is 40.6 Å². The Morgan fingerprint density at radius 1 is 0.708 bits per heavy atom. The molecule has 0 unspecified atom stereocenters. The highest BCUT2D eigenvalue weighted by atomic mass is 14.7. The van der Waals surface area contributed by atoms with Gasteiger partial charge in [0.2, 0.25) is 0 Å². The quantitative estimate of drug-likeness (QED) is 0.715. The summed E-state index contributed by atoms with van der Waals surface area (Å²) in [6.07, 6.45) is 1.71. The SMILES string of the molecule is N#Cc1cc(C#N)c(-c2cccc(-c3ccccn3)c2)c(C#N)c1. The molecule has 0 N–H and O–H groups in total. The fourth-order valence-corrected chi connectivity index (χ4v) is 2.56. The molecule has 0 aliphatic rings. The van der Waals surface area contributed by atoms with Gasteiger partial charge < -0.3 is 0 Å². The van der Waals surface area contributed by atoms with Crippen LogP contribution in [0.2, 0.25) is 0 Å². The molecule has 24 heavy (non-hydrogen) atoms. The van der Waals surface area contributed by atoms with Gasteiger partial charge in [-0.2, -0.15) is 15.8 Å². The normalized spacial score (nSPS) is 9.54. The first-order valence-corrected chi connectivity index (χ1v) is 7.17. The summed E-state index contributed by atoms with van der Waals surface area (Å²) in [7, 11) is 0. The third kappa shape index (κ3) is 2.71. The summed E-state index contributed by atoms with van der Waals surface area (Å²) in [5.41, 5.74) is 3.91. The van der Waals surface area contributed by atoms with Gasteiger partial charge >= 0.3 is 0 Å². The van der Waals surface area contributed by atoms with Crippen LogP contribution in [0, 0.1) is 34.0 Å². The van der Waals surface area contributed by atoms with E-state index in [0.717, 1.165) is 16.8 Å². The van der Waals surface area contributed by atoms with Crippen molar-refractivity contribution in [3.63, 3.8) is 0 Å². The average molecular weight is 306 g/mol. The van der Waals surface area contributed by atoms with Crippen LogP contribution < -0.4 is 0 Å². The molecule has 4 heteroatoms. The van der Waals surface area contributed by atoms with Crippen LogP contribution in [0.15, 0.2) is 60.8 Å². The molecule has 0 spiro atoms. The van der Waals surface area contributed by atoms with Crippen molar-refractivity contribution in [2.24, 2.45) is 0 Å². The Hall–Kier alpha value is -3.94. The van der Waals surface area contributed by atoms with Gasteiger partial charge in [0, 0.05) is 17.3 Å². The molecule has 0 aliphatic carbocycles. The van der Waals surface area contributed by atoms with Gasteiger partial charge in [0.1, 0.15) is 0 Å². The van der Waals surface area contributed by atoms with Crippen LogP contribution in [-0.2, 0) is 0 Å².